The number of benzene rings is 2. The fourth-order valence-electron chi connectivity index (χ4n) is 3.18. The molecule has 0 amide bonds. The van der Waals surface area contributed by atoms with Gasteiger partial charge < -0.3 is 9.88 Å². The average Bonchev–Trinajstić information content (AvgIpc) is 3.02. The van der Waals surface area contributed by atoms with Gasteiger partial charge in [0, 0.05) is 48.1 Å². The van der Waals surface area contributed by atoms with Crippen molar-refractivity contribution in [2.75, 3.05) is 11.9 Å². The molecule has 3 aromatic rings. The van der Waals surface area contributed by atoms with E-state index >= 15 is 0 Å². The second-order valence-corrected chi connectivity index (χ2v) is 5.88. The Morgan fingerprint density at radius 3 is 2.64 bits per heavy atom. The lowest BCUT2D eigenvalue weighted by Crippen LogP contribution is -2.10. The number of aromatic nitrogens is 1. The van der Waals surface area contributed by atoms with Crippen molar-refractivity contribution in [3.63, 3.8) is 0 Å². The van der Waals surface area contributed by atoms with Crippen LogP contribution < -0.4 is 5.32 Å². The molecule has 0 fully saturated rings. The normalized spacial score (nSPS) is 12.5. The largest absolute Gasteiger partial charge is 0.382 e. The molecule has 0 saturated carbocycles. The first kappa shape index (κ1) is 15.1. The molecular weight excluding hydrogens is 318 g/mol. The Bertz CT molecular complexity index is 974. The summed E-state index contributed by atoms with van der Waals surface area (Å²) in [7, 11) is 0. The van der Waals surface area contributed by atoms with Crippen LogP contribution in [0.15, 0.2) is 60.8 Å². The van der Waals surface area contributed by atoms with Gasteiger partial charge in [0.05, 0.1) is 16.3 Å². The topological polar surface area (TPSA) is 77.2 Å². The van der Waals surface area contributed by atoms with E-state index in [9.17, 15) is 14.9 Å². The minimum atomic E-state index is -0.474. The minimum Gasteiger partial charge on any atom is -0.382 e. The number of para-hydroxylation sites is 1. The van der Waals surface area contributed by atoms with Crippen molar-refractivity contribution in [3.05, 3.63) is 87.7 Å². The highest BCUT2D eigenvalue weighted by Gasteiger charge is 2.20. The summed E-state index contributed by atoms with van der Waals surface area (Å²) in [5.41, 5.74) is 3.88. The molecule has 25 heavy (non-hydrogen) atoms. The molecule has 1 aromatic heterocycles. The first-order valence-electron chi connectivity index (χ1n) is 7.98. The second kappa shape index (κ2) is 5.90. The molecule has 1 aliphatic rings. The number of nitrogens with zero attached hydrogens (tertiary/aromatic N) is 2. The molecule has 0 unspecified atom stereocenters. The van der Waals surface area contributed by atoms with Crippen LogP contribution in [-0.2, 0) is 6.42 Å². The molecule has 0 bridgehead atoms. The Morgan fingerprint density at radius 2 is 1.88 bits per heavy atom. The molecule has 2 heterocycles. The molecule has 2 aromatic carbocycles. The van der Waals surface area contributed by atoms with E-state index < -0.39 is 4.92 Å². The molecule has 1 N–H and O–H groups in total. The summed E-state index contributed by atoms with van der Waals surface area (Å²) in [6, 6.07) is 15.4. The van der Waals surface area contributed by atoms with E-state index in [-0.39, 0.29) is 11.5 Å². The van der Waals surface area contributed by atoms with E-state index in [2.05, 4.69) is 16.0 Å². The minimum absolute atomic E-state index is 0.0291. The maximum absolute atomic E-state index is 12.9. The highest BCUT2D eigenvalue weighted by atomic mass is 16.6. The van der Waals surface area contributed by atoms with Gasteiger partial charge in [-0.15, -0.1) is 0 Å². The molecule has 1 aliphatic heterocycles. The van der Waals surface area contributed by atoms with Crippen molar-refractivity contribution in [1.29, 1.82) is 0 Å². The quantitative estimate of drug-likeness (QED) is 0.451. The third-order valence-electron chi connectivity index (χ3n) is 4.40. The Morgan fingerprint density at radius 1 is 1.08 bits per heavy atom. The fraction of sp³-hybridized carbons (Fsp3) is 0.105. The highest BCUT2D eigenvalue weighted by Crippen LogP contribution is 2.30. The van der Waals surface area contributed by atoms with Crippen LogP contribution in [0.2, 0.25) is 0 Å². The predicted molar refractivity (Wildman–Crippen MR) is 94.5 cm³/mol. The molecule has 0 spiro atoms. The van der Waals surface area contributed by atoms with Crippen LogP contribution in [0.4, 0.5) is 11.4 Å². The number of non-ortho nitro benzene ring substituents is 1. The number of nitrogens with one attached hydrogen (secondary N) is 1. The number of ketones is 1. The van der Waals surface area contributed by atoms with E-state index in [0.717, 1.165) is 24.3 Å². The second-order valence-electron chi connectivity index (χ2n) is 5.88. The van der Waals surface area contributed by atoms with Gasteiger partial charge in [0.1, 0.15) is 0 Å². The maximum atomic E-state index is 12.9. The van der Waals surface area contributed by atoms with Crippen LogP contribution in [0.5, 0.6) is 0 Å². The van der Waals surface area contributed by atoms with Gasteiger partial charge in [-0.2, -0.15) is 0 Å². The Kier molecular flexibility index (Phi) is 3.57. The van der Waals surface area contributed by atoms with Gasteiger partial charge >= 0.3 is 0 Å². The lowest BCUT2D eigenvalue weighted by atomic mass is 10.00. The third-order valence-corrected chi connectivity index (χ3v) is 4.40. The summed E-state index contributed by atoms with van der Waals surface area (Å²) in [5.74, 6) is -0.158. The zero-order valence-corrected chi connectivity index (χ0v) is 13.3. The van der Waals surface area contributed by atoms with Gasteiger partial charge in [-0.25, -0.2) is 0 Å². The zero-order valence-electron chi connectivity index (χ0n) is 13.3. The van der Waals surface area contributed by atoms with Crippen molar-refractivity contribution in [3.8, 4) is 5.69 Å². The van der Waals surface area contributed by atoms with Crippen LogP contribution >= 0.6 is 0 Å². The van der Waals surface area contributed by atoms with Crippen LogP contribution in [0.25, 0.3) is 5.69 Å². The van der Waals surface area contributed by atoms with Crippen LogP contribution in [-0.4, -0.2) is 21.8 Å². The SMILES string of the molecule is O=C(c1ccc([N+](=O)[O-])cc1)c1cccc2c1NCCc1cccn1-2. The molecule has 6 nitrogen and oxygen atoms in total. The van der Waals surface area contributed by atoms with Gasteiger partial charge in [0.15, 0.2) is 5.78 Å². The molecule has 0 atom stereocenters. The van der Waals surface area contributed by atoms with Crippen LogP contribution in [0, 0.1) is 10.1 Å². The monoisotopic (exact) mass is 333 g/mol. The van der Waals surface area contributed by atoms with Gasteiger partial charge in [-0.1, -0.05) is 6.07 Å². The number of carbonyl (C=O) groups is 1. The Labute approximate surface area is 143 Å². The van der Waals surface area contributed by atoms with Crippen molar-refractivity contribution >= 4 is 17.2 Å². The third kappa shape index (κ3) is 2.57. The Hall–Kier alpha value is -3.41. The van der Waals surface area contributed by atoms with Crippen LogP contribution in [0.3, 0.4) is 0 Å². The molecule has 0 radical (unpaired) electrons. The van der Waals surface area contributed by atoms with Gasteiger partial charge in [-0.05, 0) is 36.4 Å². The smallest absolute Gasteiger partial charge is 0.269 e. The van der Waals surface area contributed by atoms with Crippen molar-refractivity contribution in [2.45, 2.75) is 6.42 Å². The highest BCUT2D eigenvalue weighted by molar-refractivity contribution is 6.13. The van der Waals surface area contributed by atoms with Gasteiger partial charge in [0.25, 0.3) is 5.69 Å². The van der Waals surface area contributed by atoms with Crippen molar-refractivity contribution in [1.82, 2.24) is 4.57 Å². The van der Waals surface area contributed by atoms with Gasteiger partial charge in [-0.3, -0.25) is 14.9 Å². The lowest BCUT2D eigenvalue weighted by molar-refractivity contribution is -0.384. The number of anilines is 1. The molecule has 4 rings (SSSR count). The van der Waals surface area contributed by atoms with Crippen molar-refractivity contribution in [2.24, 2.45) is 0 Å². The molecule has 0 saturated heterocycles. The van der Waals surface area contributed by atoms with E-state index in [1.807, 2.05) is 24.4 Å². The molecule has 6 heteroatoms. The number of hydrogen-bond acceptors (Lipinski definition) is 4. The first-order chi connectivity index (χ1) is 12.1. The van der Waals surface area contributed by atoms with E-state index in [1.165, 1.54) is 30.0 Å². The molecular formula is C19H15N3O3. The number of hydrogen-bond donors (Lipinski definition) is 1. The number of nitro groups is 1. The number of fused-ring (bicyclic) bond motifs is 3. The van der Waals surface area contributed by atoms with Gasteiger partial charge in [0.2, 0.25) is 0 Å². The average molecular weight is 333 g/mol. The zero-order chi connectivity index (χ0) is 17.4. The Balaban J connectivity index is 1.78. The molecule has 0 aliphatic carbocycles. The fourth-order valence-corrected chi connectivity index (χ4v) is 3.18. The lowest BCUT2D eigenvalue weighted by Gasteiger charge is -2.14. The summed E-state index contributed by atoms with van der Waals surface area (Å²) < 4.78 is 2.09. The summed E-state index contributed by atoms with van der Waals surface area (Å²) in [4.78, 5) is 23.2. The van der Waals surface area contributed by atoms with E-state index in [0.29, 0.717) is 11.1 Å². The summed E-state index contributed by atoms with van der Waals surface area (Å²) in [5, 5.41) is 14.1. The standard InChI is InChI=1S/C19H15N3O3/c23-19(13-6-8-15(9-7-13)22(24)25)16-4-1-5-17-18(16)20-11-10-14-3-2-12-21(14)17/h1-9,12,20H,10-11H2. The first-order valence-corrected chi connectivity index (χ1v) is 7.98. The summed E-state index contributed by atoms with van der Waals surface area (Å²) >= 11 is 0. The van der Waals surface area contributed by atoms with E-state index in [4.69, 9.17) is 0 Å². The van der Waals surface area contributed by atoms with Crippen molar-refractivity contribution < 1.29 is 9.72 Å². The molecule has 124 valence electrons. The number of nitro benzene ring substituents is 1. The maximum Gasteiger partial charge on any atom is 0.269 e. The summed E-state index contributed by atoms with van der Waals surface area (Å²) in [6.45, 7) is 0.738. The van der Waals surface area contributed by atoms with E-state index in [1.54, 1.807) is 6.07 Å². The summed E-state index contributed by atoms with van der Waals surface area (Å²) in [6.07, 6.45) is 2.86. The predicted octanol–water partition coefficient (Wildman–Crippen LogP) is 3.58. The number of carbonyl (C=O) groups excluding carboxylic acids is 1. The van der Waals surface area contributed by atoms with Crippen LogP contribution in [0.1, 0.15) is 21.6 Å². The number of rotatable bonds is 3.